The molecule has 1 heterocycles. The summed E-state index contributed by atoms with van der Waals surface area (Å²) in [7, 11) is 0. The van der Waals surface area contributed by atoms with Gasteiger partial charge in [-0.2, -0.15) is 0 Å². The van der Waals surface area contributed by atoms with Crippen molar-refractivity contribution in [1.82, 2.24) is 4.90 Å². The molecule has 1 nitrogen and oxygen atoms in total. The number of nitrogens with zero attached hydrogens (tertiary/aromatic N) is 1. The normalized spacial score (nSPS) is 23.0. The molecule has 0 aromatic heterocycles. The van der Waals surface area contributed by atoms with Gasteiger partial charge in [0.05, 0.1) is 0 Å². The van der Waals surface area contributed by atoms with E-state index in [4.69, 9.17) is 0 Å². The van der Waals surface area contributed by atoms with Gasteiger partial charge in [0.2, 0.25) is 6.30 Å². The van der Waals surface area contributed by atoms with Crippen molar-refractivity contribution >= 4 is 0 Å². The topological polar surface area (TPSA) is 3.24 Å². The molecule has 1 rings (SSSR count). The van der Waals surface area contributed by atoms with Crippen LogP contribution in [-0.2, 0) is 0 Å². The molecule has 1 aliphatic heterocycles. The molecule has 58 valence electrons. The zero-order valence-electron chi connectivity index (χ0n) is 5.82. The number of alkyl halides is 1. The van der Waals surface area contributed by atoms with E-state index >= 15 is 0 Å². The van der Waals surface area contributed by atoms with Crippen molar-refractivity contribution in [2.75, 3.05) is 13.1 Å². The highest BCUT2D eigenvalue weighted by molar-refractivity contribution is 4.91. The molecule has 0 radical (unpaired) electrons. The van der Waals surface area contributed by atoms with Crippen LogP contribution < -0.4 is 0 Å². The summed E-state index contributed by atoms with van der Waals surface area (Å²) in [5.41, 5.74) is 0. The average molecular weight is 147 g/mol. The number of hydrogen-bond acceptors (Lipinski definition) is 1. The highest BCUT2D eigenvalue weighted by Crippen LogP contribution is 2.17. The van der Waals surface area contributed by atoms with Gasteiger partial charge < -0.3 is 0 Å². The second-order valence-electron chi connectivity index (χ2n) is 2.53. The maximum Gasteiger partial charge on any atom is 0.205 e. The zero-order valence-corrected chi connectivity index (χ0v) is 5.82. The van der Waals surface area contributed by atoms with Crippen LogP contribution in [0.1, 0.15) is 12.8 Å². The molecule has 0 saturated carbocycles. The minimum absolute atomic E-state index is 0.657. The Morgan fingerprint density at radius 3 is 2.30 bits per heavy atom. The lowest BCUT2D eigenvalue weighted by Crippen LogP contribution is -2.28. The summed E-state index contributed by atoms with van der Waals surface area (Å²) in [5.74, 6) is -0.873. The smallest absolute Gasteiger partial charge is 0.205 e. The summed E-state index contributed by atoms with van der Waals surface area (Å²) in [4.78, 5) is 1.46. The molecule has 0 aromatic rings. The van der Waals surface area contributed by atoms with Crippen LogP contribution in [0.3, 0.4) is 0 Å². The van der Waals surface area contributed by atoms with Gasteiger partial charge in [-0.25, -0.2) is 8.78 Å². The minimum Gasteiger partial charge on any atom is -0.268 e. The Bertz CT molecular complexity index is 130. The van der Waals surface area contributed by atoms with Crippen molar-refractivity contribution in [3.05, 3.63) is 12.4 Å². The third kappa shape index (κ3) is 1.53. The maximum absolute atomic E-state index is 12.7. The predicted octanol–water partition coefficient (Wildman–Crippen LogP) is 1.86. The van der Waals surface area contributed by atoms with E-state index in [9.17, 15) is 8.78 Å². The first-order valence-electron chi connectivity index (χ1n) is 3.44. The summed E-state index contributed by atoms with van der Waals surface area (Å²) in [6, 6.07) is 0. The van der Waals surface area contributed by atoms with Crippen LogP contribution in [0.25, 0.3) is 0 Å². The van der Waals surface area contributed by atoms with Crippen molar-refractivity contribution in [2.45, 2.75) is 19.1 Å². The van der Waals surface area contributed by atoms with Crippen LogP contribution >= 0.6 is 0 Å². The van der Waals surface area contributed by atoms with E-state index in [-0.39, 0.29) is 0 Å². The lowest BCUT2D eigenvalue weighted by Gasteiger charge is -2.17. The van der Waals surface area contributed by atoms with E-state index in [2.05, 4.69) is 6.58 Å². The molecule has 0 spiro atoms. The Morgan fingerprint density at radius 2 is 1.90 bits per heavy atom. The molecular weight excluding hydrogens is 136 g/mol. The third-order valence-corrected chi connectivity index (χ3v) is 1.72. The molecule has 0 bridgehead atoms. The van der Waals surface area contributed by atoms with Crippen molar-refractivity contribution in [3.63, 3.8) is 0 Å². The molecule has 0 aliphatic carbocycles. The fourth-order valence-electron chi connectivity index (χ4n) is 1.17. The van der Waals surface area contributed by atoms with E-state index in [1.54, 1.807) is 0 Å². The van der Waals surface area contributed by atoms with Gasteiger partial charge in [-0.1, -0.05) is 6.58 Å². The van der Waals surface area contributed by atoms with Crippen LogP contribution in [0.2, 0.25) is 0 Å². The van der Waals surface area contributed by atoms with Crippen LogP contribution in [0.15, 0.2) is 12.4 Å². The molecular formula is C7H11F2N. The molecule has 1 unspecified atom stereocenters. The second kappa shape index (κ2) is 3.10. The first-order valence-corrected chi connectivity index (χ1v) is 3.44. The van der Waals surface area contributed by atoms with E-state index < -0.39 is 12.1 Å². The minimum atomic E-state index is -1.57. The highest BCUT2D eigenvalue weighted by Gasteiger charge is 2.23. The van der Waals surface area contributed by atoms with Gasteiger partial charge in [-0.05, 0) is 12.8 Å². The first-order chi connectivity index (χ1) is 4.72. The Hall–Kier alpha value is -0.440. The molecule has 0 N–H and O–H groups in total. The van der Waals surface area contributed by atoms with Crippen molar-refractivity contribution < 1.29 is 8.78 Å². The van der Waals surface area contributed by atoms with Gasteiger partial charge in [-0.3, -0.25) is 4.90 Å². The van der Waals surface area contributed by atoms with E-state index in [1.165, 1.54) is 4.90 Å². The van der Waals surface area contributed by atoms with E-state index in [0.717, 1.165) is 12.8 Å². The SMILES string of the molecule is C=C(F)C(F)N1CCCC1. The molecule has 10 heavy (non-hydrogen) atoms. The molecule has 1 atom stereocenters. The lowest BCUT2D eigenvalue weighted by atomic mass is 10.4. The number of likely N-dealkylation sites (tertiary alicyclic amines) is 1. The quantitative estimate of drug-likeness (QED) is 0.539. The molecule has 1 aliphatic rings. The Morgan fingerprint density at radius 1 is 1.40 bits per heavy atom. The summed E-state index contributed by atoms with van der Waals surface area (Å²) in [5, 5.41) is 0. The maximum atomic E-state index is 12.7. The molecule has 1 saturated heterocycles. The van der Waals surface area contributed by atoms with E-state index in [1.807, 2.05) is 0 Å². The van der Waals surface area contributed by atoms with Crippen molar-refractivity contribution in [3.8, 4) is 0 Å². The van der Waals surface area contributed by atoms with Crippen LogP contribution in [0.5, 0.6) is 0 Å². The van der Waals surface area contributed by atoms with E-state index in [0.29, 0.717) is 13.1 Å². The van der Waals surface area contributed by atoms with Crippen LogP contribution in [0, 0.1) is 0 Å². The largest absolute Gasteiger partial charge is 0.268 e. The van der Waals surface area contributed by atoms with Gasteiger partial charge >= 0.3 is 0 Å². The van der Waals surface area contributed by atoms with Crippen molar-refractivity contribution in [1.29, 1.82) is 0 Å². The van der Waals surface area contributed by atoms with Crippen LogP contribution in [-0.4, -0.2) is 24.3 Å². The third-order valence-electron chi connectivity index (χ3n) is 1.72. The number of hydrogen-bond donors (Lipinski definition) is 0. The fraction of sp³-hybridized carbons (Fsp3) is 0.714. The molecule has 0 aromatic carbocycles. The van der Waals surface area contributed by atoms with Gasteiger partial charge in [0.15, 0.2) is 0 Å². The summed E-state index contributed by atoms with van der Waals surface area (Å²) in [6.07, 6.45) is 0.365. The number of halogens is 2. The van der Waals surface area contributed by atoms with Gasteiger partial charge in [0, 0.05) is 13.1 Å². The van der Waals surface area contributed by atoms with Crippen LogP contribution in [0.4, 0.5) is 8.78 Å². The monoisotopic (exact) mass is 147 g/mol. The van der Waals surface area contributed by atoms with Gasteiger partial charge in [0.25, 0.3) is 0 Å². The summed E-state index contributed by atoms with van der Waals surface area (Å²) < 4.78 is 24.8. The molecule has 1 fully saturated rings. The second-order valence-corrected chi connectivity index (χ2v) is 2.53. The summed E-state index contributed by atoms with van der Waals surface area (Å²) in [6.45, 7) is 4.23. The molecule has 3 heteroatoms. The van der Waals surface area contributed by atoms with Gasteiger partial charge in [0.1, 0.15) is 5.83 Å². The van der Waals surface area contributed by atoms with Crippen molar-refractivity contribution in [2.24, 2.45) is 0 Å². The Kier molecular flexibility index (Phi) is 2.38. The average Bonchev–Trinajstić information content (AvgIpc) is 2.36. The Balaban J connectivity index is 2.39. The highest BCUT2D eigenvalue weighted by atomic mass is 19.2. The Labute approximate surface area is 59.3 Å². The first kappa shape index (κ1) is 7.66. The lowest BCUT2D eigenvalue weighted by molar-refractivity contribution is 0.119. The fourth-order valence-corrected chi connectivity index (χ4v) is 1.17. The number of rotatable bonds is 2. The van der Waals surface area contributed by atoms with Gasteiger partial charge in [-0.15, -0.1) is 0 Å². The standard InChI is InChI=1S/C7H11F2N/c1-6(8)7(9)10-4-2-3-5-10/h7H,1-5H2. The summed E-state index contributed by atoms with van der Waals surface area (Å²) >= 11 is 0. The molecule has 0 amide bonds. The predicted molar refractivity (Wildman–Crippen MR) is 36.0 cm³/mol. The zero-order chi connectivity index (χ0) is 7.56.